The molecule has 0 aromatic heterocycles. The maximum absolute atomic E-state index is 12.4. The Bertz CT molecular complexity index is 1040. The van der Waals surface area contributed by atoms with Crippen molar-refractivity contribution < 1.29 is 24.5 Å². The molecule has 0 aromatic carbocycles. The lowest BCUT2D eigenvalue weighted by Crippen LogP contribution is -2.45. The van der Waals surface area contributed by atoms with Crippen LogP contribution in [0.3, 0.4) is 0 Å². The largest absolute Gasteiger partial charge is 0.466 e. The van der Waals surface area contributed by atoms with Gasteiger partial charge in [-0.25, -0.2) is 0 Å². The molecule has 6 nitrogen and oxygen atoms in total. The summed E-state index contributed by atoms with van der Waals surface area (Å²) in [5, 5.41) is 22.9. The zero-order valence-electron chi connectivity index (χ0n) is 45.1. The highest BCUT2D eigenvalue weighted by molar-refractivity contribution is 5.76. The van der Waals surface area contributed by atoms with Crippen molar-refractivity contribution >= 4 is 11.9 Å². The van der Waals surface area contributed by atoms with E-state index in [9.17, 15) is 19.8 Å². The molecule has 0 aliphatic carbocycles. The molecule has 0 heterocycles. The first-order valence-corrected chi connectivity index (χ1v) is 30.1. The predicted molar refractivity (Wildman–Crippen MR) is 292 cm³/mol. The fraction of sp³-hybridized carbons (Fsp3) is 0.902. The zero-order valence-corrected chi connectivity index (χ0v) is 45.1. The van der Waals surface area contributed by atoms with Gasteiger partial charge in [-0.05, 0) is 57.8 Å². The molecule has 2 atom stereocenters. The Hall–Kier alpha value is -1.66. The maximum atomic E-state index is 12.4. The van der Waals surface area contributed by atoms with E-state index in [0.717, 1.165) is 44.9 Å². The zero-order chi connectivity index (χ0) is 48.6. The summed E-state index contributed by atoms with van der Waals surface area (Å²) in [6.07, 6.45) is 69.4. The SMILES string of the molecule is CCCCCCCCC/C=C\CCCCCCCCCC(=O)OCCCCCCCCCCCCCCCCCCCCCCCCCC(=O)NC(CO)C(O)/C=C/CCCCCCCCC. The number of aliphatic hydroxyl groups excluding tert-OH is 2. The Morgan fingerprint density at radius 3 is 1.06 bits per heavy atom. The minimum atomic E-state index is -0.841. The van der Waals surface area contributed by atoms with E-state index in [0.29, 0.717) is 19.4 Å². The van der Waals surface area contributed by atoms with Gasteiger partial charge in [0.2, 0.25) is 5.91 Å². The number of ether oxygens (including phenoxy) is 1. The summed E-state index contributed by atoms with van der Waals surface area (Å²) in [5.74, 6) is -0.0585. The van der Waals surface area contributed by atoms with Gasteiger partial charge in [-0.3, -0.25) is 9.59 Å². The van der Waals surface area contributed by atoms with Gasteiger partial charge in [0.15, 0.2) is 0 Å². The predicted octanol–water partition coefficient (Wildman–Crippen LogP) is 18.6. The Balaban J connectivity index is 3.34. The fourth-order valence-corrected chi connectivity index (χ4v) is 9.34. The van der Waals surface area contributed by atoms with Crippen molar-refractivity contribution in [3.05, 3.63) is 24.3 Å². The smallest absolute Gasteiger partial charge is 0.305 e. The molecule has 0 aromatic rings. The van der Waals surface area contributed by atoms with Crippen LogP contribution in [-0.2, 0) is 14.3 Å². The van der Waals surface area contributed by atoms with Crippen LogP contribution < -0.4 is 5.32 Å². The molecule has 2 unspecified atom stereocenters. The van der Waals surface area contributed by atoms with Crippen molar-refractivity contribution in [2.24, 2.45) is 0 Å². The second kappa shape index (κ2) is 56.9. The summed E-state index contributed by atoms with van der Waals surface area (Å²) in [6, 6.07) is -0.625. The van der Waals surface area contributed by atoms with Crippen LogP contribution in [0.1, 0.15) is 328 Å². The van der Waals surface area contributed by atoms with Gasteiger partial charge in [0.25, 0.3) is 0 Å². The number of allylic oxidation sites excluding steroid dienone is 3. The summed E-state index contributed by atoms with van der Waals surface area (Å²) < 4.78 is 5.49. The molecule has 1 amide bonds. The molecular weight excluding hydrogens is 827 g/mol. The fourth-order valence-electron chi connectivity index (χ4n) is 9.34. The van der Waals surface area contributed by atoms with E-state index in [4.69, 9.17) is 4.74 Å². The van der Waals surface area contributed by atoms with E-state index >= 15 is 0 Å². The highest BCUT2D eigenvalue weighted by atomic mass is 16.5. The van der Waals surface area contributed by atoms with Crippen LogP contribution in [-0.4, -0.2) is 47.4 Å². The van der Waals surface area contributed by atoms with E-state index in [1.54, 1.807) is 6.08 Å². The molecule has 6 heteroatoms. The molecule has 0 spiro atoms. The highest BCUT2D eigenvalue weighted by Gasteiger charge is 2.18. The van der Waals surface area contributed by atoms with Crippen LogP contribution in [0.15, 0.2) is 24.3 Å². The first kappa shape index (κ1) is 65.3. The lowest BCUT2D eigenvalue weighted by molar-refractivity contribution is -0.143. The van der Waals surface area contributed by atoms with Crippen molar-refractivity contribution in [3.63, 3.8) is 0 Å². The summed E-state index contributed by atoms with van der Waals surface area (Å²) in [4.78, 5) is 24.5. The molecule has 0 saturated heterocycles. The third-order valence-corrected chi connectivity index (χ3v) is 14.0. The summed E-state index contributed by atoms with van der Waals surface area (Å²) in [5.41, 5.74) is 0. The lowest BCUT2D eigenvalue weighted by atomic mass is 10.0. The van der Waals surface area contributed by atoms with E-state index in [1.807, 2.05) is 6.08 Å². The molecule has 0 fully saturated rings. The van der Waals surface area contributed by atoms with Crippen molar-refractivity contribution in [3.8, 4) is 0 Å². The third-order valence-electron chi connectivity index (χ3n) is 14.0. The summed E-state index contributed by atoms with van der Waals surface area (Å²) >= 11 is 0. The van der Waals surface area contributed by atoms with Gasteiger partial charge >= 0.3 is 5.97 Å². The lowest BCUT2D eigenvalue weighted by Gasteiger charge is -2.20. The van der Waals surface area contributed by atoms with Crippen LogP contribution >= 0.6 is 0 Å². The number of unbranched alkanes of at least 4 members (excludes halogenated alkanes) is 43. The Kier molecular flexibility index (Phi) is 55.5. The molecule has 396 valence electrons. The minimum Gasteiger partial charge on any atom is -0.466 e. The van der Waals surface area contributed by atoms with Gasteiger partial charge < -0.3 is 20.3 Å². The minimum absolute atomic E-state index is 0.0110. The number of aliphatic hydroxyl groups is 2. The van der Waals surface area contributed by atoms with Crippen molar-refractivity contribution in [1.82, 2.24) is 5.32 Å². The number of rotatable bonds is 56. The van der Waals surface area contributed by atoms with Gasteiger partial charge in [0.05, 0.1) is 25.4 Å². The van der Waals surface area contributed by atoms with E-state index in [1.165, 1.54) is 257 Å². The number of carbonyl (C=O) groups excluding carboxylic acids is 2. The average molecular weight is 945 g/mol. The second-order valence-electron chi connectivity index (χ2n) is 20.7. The Labute approximate surface area is 418 Å². The van der Waals surface area contributed by atoms with Crippen molar-refractivity contribution in [2.75, 3.05) is 13.2 Å². The van der Waals surface area contributed by atoms with E-state index in [2.05, 4.69) is 31.3 Å². The average Bonchev–Trinajstić information content (AvgIpc) is 3.33. The molecule has 0 radical (unpaired) electrons. The van der Waals surface area contributed by atoms with Gasteiger partial charge in [0.1, 0.15) is 0 Å². The Morgan fingerprint density at radius 1 is 0.403 bits per heavy atom. The normalized spacial score (nSPS) is 12.7. The van der Waals surface area contributed by atoms with Gasteiger partial charge in [-0.2, -0.15) is 0 Å². The summed E-state index contributed by atoms with van der Waals surface area (Å²) in [6.45, 7) is 4.88. The third kappa shape index (κ3) is 53.5. The molecule has 0 aliphatic rings. The van der Waals surface area contributed by atoms with Gasteiger partial charge in [0, 0.05) is 12.8 Å². The quantitative estimate of drug-likeness (QED) is 0.0321. The van der Waals surface area contributed by atoms with Crippen LogP contribution in [0.5, 0.6) is 0 Å². The molecule has 3 N–H and O–H groups in total. The number of hydrogen-bond donors (Lipinski definition) is 3. The van der Waals surface area contributed by atoms with Crippen molar-refractivity contribution in [2.45, 2.75) is 341 Å². The van der Waals surface area contributed by atoms with Crippen LogP contribution in [0.25, 0.3) is 0 Å². The number of nitrogens with one attached hydrogen (secondary N) is 1. The van der Waals surface area contributed by atoms with Crippen molar-refractivity contribution in [1.29, 1.82) is 0 Å². The molecule has 0 aliphatic heterocycles. The van der Waals surface area contributed by atoms with E-state index in [-0.39, 0.29) is 18.5 Å². The van der Waals surface area contributed by atoms with E-state index < -0.39 is 12.1 Å². The monoisotopic (exact) mass is 944 g/mol. The van der Waals surface area contributed by atoms with Gasteiger partial charge in [-0.1, -0.05) is 282 Å². The number of carbonyl (C=O) groups is 2. The molecule has 0 bridgehead atoms. The molecule has 0 saturated carbocycles. The topological polar surface area (TPSA) is 95.9 Å². The molecule has 0 rings (SSSR count). The molecular formula is C61H117NO5. The standard InChI is InChI=1S/C61H117NO5/c1-3-5-7-9-11-13-14-15-16-17-26-29-32-35-39-43-47-51-55-61(66)67-56-52-48-44-40-36-33-30-27-24-22-20-18-19-21-23-25-28-31-34-38-42-46-50-54-60(65)62-58(57-63)59(64)53-49-45-41-37-12-10-8-6-4-2/h16-17,49,53,58-59,63-64H,3-15,18-48,50-52,54-57H2,1-2H3,(H,62,65)/b17-16-,53-49+. The molecule has 67 heavy (non-hydrogen) atoms. The van der Waals surface area contributed by atoms with Gasteiger partial charge in [-0.15, -0.1) is 0 Å². The summed E-state index contributed by atoms with van der Waals surface area (Å²) in [7, 11) is 0. The number of hydrogen-bond acceptors (Lipinski definition) is 5. The Morgan fingerprint density at radius 2 is 0.701 bits per heavy atom. The first-order chi connectivity index (χ1) is 33.0. The highest BCUT2D eigenvalue weighted by Crippen LogP contribution is 2.17. The van der Waals surface area contributed by atoms with Crippen LogP contribution in [0.4, 0.5) is 0 Å². The number of esters is 1. The van der Waals surface area contributed by atoms with Crippen LogP contribution in [0.2, 0.25) is 0 Å². The number of amides is 1. The second-order valence-corrected chi connectivity index (χ2v) is 20.7. The van der Waals surface area contributed by atoms with Crippen LogP contribution in [0, 0.1) is 0 Å². The maximum Gasteiger partial charge on any atom is 0.305 e. The first-order valence-electron chi connectivity index (χ1n) is 30.1.